The van der Waals surface area contributed by atoms with Crippen LogP contribution in [-0.4, -0.2) is 39.9 Å². The summed E-state index contributed by atoms with van der Waals surface area (Å²) in [7, 11) is 0. The van der Waals surface area contributed by atoms with Crippen molar-refractivity contribution in [3.05, 3.63) is 0 Å². The molecule has 1 saturated carbocycles. The molecule has 1 rings (SSSR count). The van der Waals surface area contributed by atoms with E-state index in [2.05, 4.69) is 0 Å². The van der Waals surface area contributed by atoms with Crippen LogP contribution >= 0.6 is 0 Å². The van der Waals surface area contributed by atoms with Crippen molar-refractivity contribution in [2.24, 2.45) is 11.3 Å². The van der Waals surface area contributed by atoms with Crippen LogP contribution in [0.3, 0.4) is 0 Å². The standard InChI is InChI=1S/C12H24O4/c13-8-12(9-14)6-4-10(5-7-12)2-1-3-11(15)16/h10-11,13-16H,1-9H2. The Balaban J connectivity index is 2.21. The van der Waals surface area contributed by atoms with Gasteiger partial charge in [-0.15, -0.1) is 0 Å². The smallest absolute Gasteiger partial charge is 0.151 e. The van der Waals surface area contributed by atoms with Gasteiger partial charge in [-0.3, -0.25) is 0 Å². The normalized spacial score (nSPS) is 21.6. The Morgan fingerprint density at radius 2 is 1.62 bits per heavy atom. The van der Waals surface area contributed by atoms with Crippen LogP contribution in [0.1, 0.15) is 44.9 Å². The largest absolute Gasteiger partial charge is 0.396 e. The highest BCUT2D eigenvalue weighted by Gasteiger charge is 2.33. The van der Waals surface area contributed by atoms with Crippen molar-refractivity contribution >= 4 is 0 Å². The Morgan fingerprint density at radius 3 is 2.06 bits per heavy atom. The first-order valence-electron chi connectivity index (χ1n) is 6.20. The molecule has 0 aromatic rings. The van der Waals surface area contributed by atoms with Crippen molar-refractivity contribution in [2.75, 3.05) is 13.2 Å². The van der Waals surface area contributed by atoms with Crippen LogP contribution in [0.2, 0.25) is 0 Å². The predicted octanol–water partition coefficient (Wildman–Crippen LogP) is 0.629. The lowest BCUT2D eigenvalue weighted by atomic mass is 9.70. The van der Waals surface area contributed by atoms with Gasteiger partial charge in [0.2, 0.25) is 0 Å². The average Bonchev–Trinajstić information content (AvgIpc) is 2.30. The molecule has 16 heavy (non-hydrogen) atoms. The van der Waals surface area contributed by atoms with Crippen molar-refractivity contribution in [1.29, 1.82) is 0 Å². The molecule has 1 aliphatic carbocycles. The van der Waals surface area contributed by atoms with Crippen LogP contribution in [0.5, 0.6) is 0 Å². The van der Waals surface area contributed by atoms with E-state index in [1.807, 2.05) is 0 Å². The minimum Gasteiger partial charge on any atom is -0.396 e. The molecule has 0 aromatic carbocycles. The fraction of sp³-hybridized carbons (Fsp3) is 1.00. The summed E-state index contributed by atoms with van der Waals surface area (Å²) >= 11 is 0. The topological polar surface area (TPSA) is 80.9 Å². The second-order valence-electron chi connectivity index (χ2n) is 5.17. The van der Waals surface area contributed by atoms with Crippen LogP contribution in [-0.2, 0) is 0 Å². The Bertz CT molecular complexity index is 179. The summed E-state index contributed by atoms with van der Waals surface area (Å²) in [5.74, 6) is 0.616. The van der Waals surface area contributed by atoms with Crippen molar-refractivity contribution < 1.29 is 20.4 Å². The zero-order valence-corrected chi connectivity index (χ0v) is 9.81. The summed E-state index contributed by atoms with van der Waals surface area (Å²) in [5, 5.41) is 36.0. The van der Waals surface area contributed by atoms with E-state index in [9.17, 15) is 10.2 Å². The highest BCUT2D eigenvalue weighted by Crippen LogP contribution is 2.39. The third-order valence-corrected chi connectivity index (χ3v) is 3.91. The van der Waals surface area contributed by atoms with Gasteiger partial charge in [-0.05, 0) is 44.4 Å². The Morgan fingerprint density at radius 1 is 1.06 bits per heavy atom. The Labute approximate surface area is 96.9 Å². The summed E-state index contributed by atoms with van der Waals surface area (Å²) in [5.41, 5.74) is -0.257. The fourth-order valence-corrected chi connectivity index (χ4v) is 2.53. The highest BCUT2D eigenvalue weighted by molar-refractivity contribution is 4.84. The zero-order chi connectivity index (χ0) is 12.0. The summed E-state index contributed by atoms with van der Waals surface area (Å²) in [6.07, 6.45) is 4.95. The molecule has 0 spiro atoms. The van der Waals surface area contributed by atoms with E-state index in [0.29, 0.717) is 12.3 Å². The summed E-state index contributed by atoms with van der Waals surface area (Å²) in [6.45, 7) is 0.150. The zero-order valence-electron chi connectivity index (χ0n) is 9.81. The van der Waals surface area contributed by atoms with Gasteiger partial charge in [0.1, 0.15) is 0 Å². The summed E-state index contributed by atoms with van der Waals surface area (Å²) in [4.78, 5) is 0. The molecule has 0 aromatic heterocycles. The fourth-order valence-electron chi connectivity index (χ4n) is 2.53. The SMILES string of the molecule is OCC1(CO)CCC(CCCC(O)O)CC1. The molecular formula is C12H24O4. The van der Waals surface area contributed by atoms with Crippen molar-refractivity contribution in [3.8, 4) is 0 Å². The number of aliphatic hydroxyl groups is 4. The quantitative estimate of drug-likeness (QED) is 0.506. The molecule has 4 N–H and O–H groups in total. The first-order chi connectivity index (χ1) is 7.62. The minimum absolute atomic E-state index is 0.0750. The van der Waals surface area contributed by atoms with Gasteiger partial charge in [0, 0.05) is 5.41 Å². The van der Waals surface area contributed by atoms with Crippen LogP contribution in [0.25, 0.3) is 0 Å². The average molecular weight is 232 g/mol. The molecule has 0 heterocycles. The molecule has 1 aliphatic rings. The van der Waals surface area contributed by atoms with E-state index in [1.54, 1.807) is 0 Å². The molecule has 4 heteroatoms. The van der Waals surface area contributed by atoms with E-state index in [1.165, 1.54) is 0 Å². The van der Waals surface area contributed by atoms with Crippen LogP contribution in [0.15, 0.2) is 0 Å². The van der Waals surface area contributed by atoms with Gasteiger partial charge in [-0.2, -0.15) is 0 Å². The van der Waals surface area contributed by atoms with Crippen LogP contribution < -0.4 is 0 Å². The molecule has 0 bridgehead atoms. The lowest BCUT2D eigenvalue weighted by molar-refractivity contribution is -0.0480. The van der Waals surface area contributed by atoms with Gasteiger partial charge in [-0.25, -0.2) is 0 Å². The molecule has 0 saturated heterocycles. The molecule has 0 aliphatic heterocycles. The van der Waals surface area contributed by atoms with E-state index in [4.69, 9.17) is 10.2 Å². The van der Waals surface area contributed by atoms with E-state index >= 15 is 0 Å². The van der Waals surface area contributed by atoms with Crippen LogP contribution in [0, 0.1) is 11.3 Å². The van der Waals surface area contributed by atoms with Crippen LogP contribution in [0.4, 0.5) is 0 Å². The van der Waals surface area contributed by atoms with Gasteiger partial charge in [0.05, 0.1) is 13.2 Å². The number of aliphatic hydroxyl groups excluding tert-OH is 3. The Kier molecular flexibility index (Phi) is 5.69. The van der Waals surface area contributed by atoms with Gasteiger partial charge in [0.25, 0.3) is 0 Å². The van der Waals surface area contributed by atoms with Crippen molar-refractivity contribution in [2.45, 2.75) is 51.2 Å². The molecular weight excluding hydrogens is 208 g/mol. The van der Waals surface area contributed by atoms with Gasteiger partial charge >= 0.3 is 0 Å². The predicted molar refractivity (Wildman–Crippen MR) is 60.6 cm³/mol. The van der Waals surface area contributed by atoms with E-state index in [0.717, 1.165) is 38.5 Å². The second kappa shape index (κ2) is 6.55. The van der Waals surface area contributed by atoms with Crippen molar-refractivity contribution in [3.63, 3.8) is 0 Å². The van der Waals surface area contributed by atoms with Crippen molar-refractivity contribution in [1.82, 2.24) is 0 Å². The molecule has 0 atom stereocenters. The maximum atomic E-state index is 9.25. The van der Waals surface area contributed by atoms with E-state index in [-0.39, 0.29) is 18.6 Å². The number of hydrogen-bond acceptors (Lipinski definition) is 4. The van der Waals surface area contributed by atoms with Gasteiger partial charge in [-0.1, -0.05) is 6.42 Å². The maximum Gasteiger partial charge on any atom is 0.151 e. The third kappa shape index (κ3) is 4.01. The molecule has 0 unspecified atom stereocenters. The second-order valence-corrected chi connectivity index (χ2v) is 5.17. The summed E-state index contributed by atoms with van der Waals surface area (Å²) in [6, 6.07) is 0. The van der Waals surface area contributed by atoms with Gasteiger partial charge < -0.3 is 20.4 Å². The molecule has 4 nitrogen and oxygen atoms in total. The number of rotatable bonds is 6. The maximum absolute atomic E-state index is 9.25. The third-order valence-electron chi connectivity index (χ3n) is 3.91. The monoisotopic (exact) mass is 232 g/mol. The Hall–Kier alpha value is -0.160. The summed E-state index contributed by atoms with van der Waals surface area (Å²) < 4.78 is 0. The molecule has 0 radical (unpaired) electrons. The highest BCUT2D eigenvalue weighted by atomic mass is 16.5. The number of hydrogen-bond donors (Lipinski definition) is 4. The lowest BCUT2D eigenvalue weighted by Crippen LogP contribution is -2.34. The molecule has 1 fully saturated rings. The van der Waals surface area contributed by atoms with Gasteiger partial charge in [0.15, 0.2) is 6.29 Å². The lowest BCUT2D eigenvalue weighted by Gasteiger charge is -2.37. The minimum atomic E-state index is -1.18. The molecule has 96 valence electrons. The van der Waals surface area contributed by atoms with E-state index < -0.39 is 6.29 Å². The first-order valence-corrected chi connectivity index (χ1v) is 6.20. The molecule has 0 amide bonds. The first kappa shape index (κ1) is 13.9.